The number of ether oxygens (including phenoxy) is 2. The van der Waals surface area contributed by atoms with E-state index in [1.807, 2.05) is 6.07 Å². The van der Waals surface area contributed by atoms with Gasteiger partial charge >= 0.3 is 0 Å². The van der Waals surface area contributed by atoms with Crippen molar-refractivity contribution in [2.45, 2.75) is 31.8 Å². The fourth-order valence-corrected chi connectivity index (χ4v) is 4.13. The van der Waals surface area contributed by atoms with Gasteiger partial charge in [-0.2, -0.15) is 0 Å². The fraction of sp³-hybridized carbons (Fsp3) is 0.455. The molecule has 4 nitrogen and oxygen atoms in total. The van der Waals surface area contributed by atoms with E-state index >= 15 is 0 Å². The Kier molecular flexibility index (Phi) is 5.62. The molecule has 2 saturated heterocycles. The third-order valence-electron chi connectivity index (χ3n) is 5.53. The molecule has 0 atom stereocenters. The number of rotatable bonds is 6. The Labute approximate surface area is 164 Å². The Morgan fingerprint density at radius 2 is 1.71 bits per heavy atom. The highest BCUT2D eigenvalue weighted by molar-refractivity contribution is 5.46. The van der Waals surface area contributed by atoms with Crippen molar-refractivity contribution in [2.24, 2.45) is 0 Å². The van der Waals surface area contributed by atoms with E-state index in [-0.39, 0.29) is 11.9 Å². The van der Waals surface area contributed by atoms with Crippen molar-refractivity contribution >= 4 is 5.69 Å². The third kappa shape index (κ3) is 4.04. The summed E-state index contributed by atoms with van der Waals surface area (Å²) in [6, 6.07) is 14.0. The SMILES string of the molecule is CC1OC(CCCN2CCN(c3ccccc3)CC2)(c2ccc(F)cc2F)O1. The molecule has 4 rings (SSSR count). The van der Waals surface area contributed by atoms with Crippen molar-refractivity contribution in [3.8, 4) is 0 Å². The standard InChI is InChI=1S/C22H26F2N2O2/c1-17-27-22(28-17,20-9-8-18(23)16-21(20)24)10-5-11-25-12-14-26(15-13-25)19-6-3-2-4-7-19/h2-4,6-9,16-17H,5,10-15H2,1H3. The predicted octanol–water partition coefficient (Wildman–Crippen LogP) is 4.11. The van der Waals surface area contributed by atoms with Crippen LogP contribution in [0.5, 0.6) is 0 Å². The van der Waals surface area contributed by atoms with E-state index in [9.17, 15) is 8.78 Å². The van der Waals surface area contributed by atoms with Crippen LogP contribution in [0.2, 0.25) is 0 Å². The molecule has 28 heavy (non-hydrogen) atoms. The number of benzene rings is 2. The minimum absolute atomic E-state index is 0.279. The zero-order chi connectivity index (χ0) is 19.6. The van der Waals surface area contributed by atoms with Gasteiger partial charge in [0.05, 0.1) is 0 Å². The molecule has 6 heteroatoms. The lowest BCUT2D eigenvalue weighted by atomic mass is 9.97. The maximum absolute atomic E-state index is 14.3. The first-order valence-electron chi connectivity index (χ1n) is 9.89. The Morgan fingerprint density at radius 1 is 1.00 bits per heavy atom. The highest BCUT2D eigenvalue weighted by Gasteiger charge is 2.47. The molecule has 0 radical (unpaired) electrons. The van der Waals surface area contributed by atoms with Crippen molar-refractivity contribution < 1.29 is 18.3 Å². The Hall–Kier alpha value is -2.02. The van der Waals surface area contributed by atoms with Gasteiger partial charge in [0.15, 0.2) is 6.29 Å². The van der Waals surface area contributed by atoms with Gasteiger partial charge in [-0.05, 0) is 44.2 Å². The molecule has 2 fully saturated rings. The lowest BCUT2D eigenvalue weighted by Gasteiger charge is -2.47. The molecule has 0 amide bonds. The maximum atomic E-state index is 14.3. The zero-order valence-corrected chi connectivity index (χ0v) is 16.1. The van der Waals surface area contributed by atoms with Gasteiger partial charge in [0.1, 0.15) is 11.6 Å². The lowest BCUT2D eigenvalue weighted by Crippen LogP contribution is -2.51. The minimum atomic E-state index is -1.09. The number of hydrogen-bond donors (Lipinski definition) is 0. The van der Waals surface area contributed by atoms with Gasteiger partial charge in [-0.15, -0.1) is 0 Å². The van der Waals surface area contributed by atoms with Crippen molar-refractivity contribution in [2.75, 3.05) is 37.6 Å². The fourth-order valence-electron chi connectivity index (χ4n) is 4.13. The van der Waals surface area contributed by atoms with Gasteiger partial charge in [0, 0.05) is 49.9 Å². The highest BCUT2D eigenvalue weighted by Crippen LogP contribution is 2.43. The van der Waals surface area contributed by atoms with Gasteiger partial charge < -0.3 is 14.4 Å². The molecule has 0 N–H and O–H groups in total. The molecule has 0 saturated carbocycles. The Morgan fingerprint density at radius 3 is 2.36 bits per heavy atom. The van der Waals surface area contributed by atoms with Crippen LogP contribution in [0.1, 0.15) is 25.3 Å². The van der Waals surface area contributed by atoms with Crippen LogP contribution < -0.4 is 4.90 Å². The topological polar surface area (TPSA) is 24.9 Å². The molecule has 0 spiro atoms. The average Bonchev–Trinajstić information content (AvgIpc) is 2.68. The molecule has 2 aromatic rings. The van der Waals surface area contributed by atoms with E-state index in [0.29, 0.717) is 6.42 Å². The van der Waals surface area contributed by atoms with Crippen LogP contribution in [0.15, 0.2) is 48.5 Å². The summed E-state index contributed by atoms with van der Waals surface area (Å²) in [5, 5.41) is 0. The van der Waals surface area contributed by atoms with Crippen LogP contribution in [0.4, 0.5) is 14.5 Å². The molecule has 0 unspecified atom stereocenters. The summed E-state index contributed by atoms with van der Waals surface area (Å²) in [6.07, 6.45) is 0.979. The predicted molar refractivity (Wildman–Crippen MR) is 104 cm³/mol. The first kappa shape index (κ1) is 19.3. The molecule has 0 bridgehead atoms. The van der Waals surface area contributed by atoms with Crippen molar-refractivity contribution in [3.05, 3.63) is 65.7 Å². The van der Waals surface area contributed by atoms with E-state index in [1.54, 1.807) is 6.92 Å². The van der Waals surface area contributed by atoms with Crippen LogP contribution in [0, 0.1) is 11.6 Å². The molecular formula is C22H26F2N2O2. The van der Waals surface area contributed by atoms with E-state index < -0.39 is 17.4 Å². The minimum Gasteiger partial charge on any atom is -0.369 e. The normalized spacial score (nSPS) is 25.5. The number of anilines is 1. The summed E-state index contributed by atoms with van der Waals surface area (Å²) in [5.41, 5.74) is 1.54. The second-order valence-corrected chi connectivity index (χ2v) is 7.45. The van der Waals surface area contributed by atoms with Gasteiger partial charge in [-0.25, -0.2) is 8.78 Å². The van der Waals surface area contributed by atoms with Crippen LogP contribution >= 0.6 is 0 Å². The zero-order valence-electron chi connectivity index (χ0n) is 16.1. The van der Waals surface area contributed by atoms with Crippen LogP contribution in [-0.4, -0.2) is 43.9 Å². The van der Waals surface area contributed by atoms with Crippen molar-refractivity contribution in [3.63, 3.8) is 0 Å². The van der Waals surface area contributed by atoms with E-state index in [2.05, 4.69) is 34.1 Å². The number of halogens is 2. The second kappa shape index (κ2) is 8.15. The summed E-state index contributed by atoms with van der Waals surface area (Å²) in [6.45, 7) is 6.64. The van der Waals surface area contributed by atoms with Crippen molar-refractivity contribution in [1.82, 2.24) is 4.90 Å². The Balaban J connectivity index is 1.30. The quantitative estimate of drug-likeness (QED) is 0.744. The Bertz CT molecular complexity index is 788. The molecule has 2 aliphatic rings. The first-order valence-corrected chi connectivity index (χ1v) is 9.89. The maximum Gasteiger partial charge on any atom is 0.203 e. The molecular weight excluding hydrogens is 362 g/mol. The smallest absolute Gasteiger partial charge is 0.203 e. The van der Waals surface area contributed by atoms with Crippen LogP contribution in [0.25, 0.3) is 0 Å². The molecule has 0 aromatic heterocycles. The average molecular weight is 388 g/mol. The lowest BCUT2D eigenvalue weighted by molar-refractivity contribution is -0.459. The van der Waals surface area contributed by atoms with Crippen molar-refractivity contribution in [1.29, 1.82) is 0 Å². The largest absolute Gasteiger partial charge is 0.369 e. The second-order valence-electron chi connectivity index (χ2n) is 7.45. The van der Waals surface area contributed by atoms with Gasteiger partial charge in [0.2, 0.25) is 5.79 Å². The van der Waals surface area contributed by atoms with Crippen LogP contribution in [0.3, 0.4) is 0 Å². The van der Waals surface area contributed by atoms with Gasteiger partial charge in [-0.3, -0.25) is 4.90 Å². The van der Waals surface area contributed by atoms with E-state index in [1.165, 1.54) is 17.8 Å². The number of piperazine rings is 1. The van der Waals surface area contributed by atoms with E-state index in [0.717, 1.165) is 45.2 Å². The molecule has 150 valence electrons. The molecule has 2 aromatic carbocycles. The number of para-hydroxylation sites is 1. The molecule has 2 heterocycles. The van der Waals surface area contributed by atoms with E-state index in [4.69, 9.17) is 9.47 Å². The number of hydrogen-bond acceptors (Lipinski definition) is 4. The molecule has 2 aliphatic heterocycles. The summed E-state index contributed by atoms with van der Waals surface area (Å²) in [7, 11) is 0. The third-order valence-corrected chi connectivity index (χ3v) is 5.53. The monoisotopic (exact) mass is 388 g/mol. The highest BCUT2D eigenvalue weighted by atomic mass is 19.1. The summed E-state index contributed by atoms with van der Waals surface area (Å²) >= 11 is 0. The van der Waals surface area contributed by atoms with Crippen LogP contribution in [-0.2, 0) is 15.3 Å². The first-order chi connectivity index (χ1) is 13.6. The van der Waals surface area contributed by atoms with Gasteiger partial charge in [-0.1, -0.05) is 18.2 Å². The van der Waals surface area contributed by atoms with Gasteiger partial charge in [0.25, 0.3) is 0 Å². The number of nitrogens with zero attached hydrogens (tertiary/aromatic N) is 2. The molecule has 0 aliphatic carbocycles. The summed E-state index contributed by atoms with van der Waals surface area (Å²) in [5.74, 6) is -2.31. The summed E-state index contributed by atoms with van der Waals surface area (Å²) < 4.78 is 39.1. The summed E-state index contributed by atoms with van der Waals surface area (Å²) in [4.78, 5) is 4.81.